The maximum atomic E-state index is 11.3. The monoisotopic (exact) mass is 490 g/mol. The molecule has 0 aromatic heterocycles. The van der Waals surface area contributed by atoms with Crippen LogP contribution in [0.15, 0.2) is 57.5 Å². The van der Waals surface area contributed by atoms with Crippen molar-refractivity contribution >= 4 is 65.5 Å². The van der Waals surface area contributed by atoms with Crippen molar-refractivity contribution in [2.45, 2.75) is 6.92 Å². The summed E-state index contributed by atoms with van der Waals surface area (Å²) in [6.07, 6.45) is 0. The van der Waals surface area contributed by atoms with E-state index in [-0.39, 0.29) is 5.97 Å². The molecule has 2 rings (SSSR count). The van der Waals surface area contributed by atoms with E-state index in [1.54, 1.807) is 0 Å². The SMILES string of the molecule is CC(=O)[O][Sb]([c]1ccc(Br)cc1)[c]1ccc(Br)cc1. The summed E-state index contributed by atoms with van der Waals surface area (Å²) in [6, 6.07) is 16.0. The third-order valence-electron chi connectivity index (χ3n) is 2.34. The van der Waals surface area contributed by atoms with Crippen LogP contribution in [0.4, 0.5) is 0 Å². The van der Waals surface area contributed by atoms with Gasteiger partial charge in [-0.05, 0) is 0 Å². The second-order valence-electron chi connectivity index (χ2n) is 3.83. The molecule has 0 aliphatic heterocycles. The standard InChI is InChI=1S/2C6H4Br.C2H4O2.Sb/c2*7-6-4-2-1-3-5-6;1-2(3)4;/h2*2-5H;1H3,(H,3,4);/q;;;+1/p-1. The molecular formula is C14H11Br2O2Sb. The van der Waals surface area contributed by atoms with Gasteiger partial charge in [-0.15, -0.1) is 0 Å². The Morgan fingerprint density at radius 2 is 1.26 bits per heavy atom. The first-order valence-electron chi connectivity index (χ1n) is 5.56. The van der Waals surface area contributed by atoms with Gasteiger partial charge in [0, 0.05) is 0 Å². The fraction of sp³-hybridized carbons (Fsp3) is 0.0714. The van der Waals surface area contributed by atoms with Gasteiger partial charge in [-0.25, -0.2) is 0 Å². The normalized spacial score (nSPS) is 10.5. The van der Waals surface area contributed by atoms with Crippen LogP contribution in [-0.2, 0) is 7.81 Å². The van der Waals surface area contributed by atoms with Crippen molar-refractivity contribution in [1.82, 2.24) is 0 Å². The quantitative estimate of drug-likeness (QED) is 0.616. The van der Waals surface area contributed by atoms with E-state index >= 15 is 0 Å². The summed E-state index contributed by atoms with van der Waals surface area (Å²) >= 11 is 4.39. The molecule has 0 atom stereocenters. The van der Waals surface area contributed by atoms with Gasteiger partial charge in [0.15, 0.2) is 0 Å². The first kappa shape index (κ1) is 15.1. The summed E-state index contributed by atoms with van der Waals surface area (Å²) in [5.41, 5.74) is 0. The Kier molecular flexibility index (Phi) is 5.49. The van der Waals surface area contributed by atoms with Crippen molar-refractivity contribution < 1.29 is 7.81 Å². The molecule has 0 saturated heterocycles. The average molecular weight is 493 g/mol. The van der Waals surface area contributed by atoms with E-state index in [2.05, 4.69) is 31.9 Å². The van der Waals surface area contributed by atoms with Crippen molar-refractivity contribution in [3.63, 3.8) is 0 Å². The topological polar surface area (TPSA) is 26.3 Å². The summed E-state index contributed by atoms with van der Waals surface area (Å²) in [4.78, 5) is 11.3. The second kappa shape index (κ2) is 6.92. The van der Waals surface area contributed by atoms with Gasteiger partial charge >= 0.3 is 138 Å². The number of rotatable bonds is 3. The Morgan fingerprint density at radius 1 is 0.895 bits per heavy atom. The third kappa shape index (κ3) is 4.34. The van der Waals surface area contributed by atoms with Crippen LogP contribution in [0.25, 0.3) is 0 Å². The number of hydrogen-bond donors (Lipinski definition) is 0. The predicted molar refractivity (Wildman–Crippen MR) is 85.1 cm³/mol. The van der Waals surface area contributed by atoms with E-state index in [9.17, 15) is 4.79 Å². The molecule has 2 nitrogen and oxygen atoms in total. The van der Waals surface area contributed by atoms with E-state index in [1.165, 1.54) is 6.92 Å². The molecule has 5 heteroatoms. The molecule has 0 aliphatic carbocycles. The fourth-order valence-corrected chi connectivity index (χ4v) is 6.65. The van der Waals surface area contributed by atoms with Crippen LogP contribution in [0.1, 0.15) is 6.92 Å². The van der Waals surface area contributed by atoms with Crippen molar-refractivity contribution in [3.05, 3.63) is 57.5 Å². The van der Waals surface area contributed by atoms with Crippen LogP contribution in [0.3, 0.4) is 0 Å². The molecule has 0 bridgehead atoms. The van der Waals surface area contributed by atoms with Crippen LogP contribution in [0.2, 0.25) is 0 Å². The molecule has 98 valence electrons. The van der Waals surface area contributed by atoms with Crippen molar-refractivity contribution in [2.75, 3.05) is 0 Å². The number of benzene rings is 2. The summed E-state index contributed by atoms with van der Waals surface area (Å²) in [7, 11) is 0. The summed E-state index contributed by atoms with van der Waals surface area (Å²) in [6.45, 7) is 1.47. The number of carbonyl (C=O) groups excluding carboxylic acids is 1. The van der Waals surface area contributed by atoms with Crippen molar-refractivity contribution in [2.24, 2.45) is 0 Å². The number of carbonyl (C=O) groups is 1. The van der Waals surface area contributed by atoms with Crippen molar-refractivity contribution in [1.29, 1.82) is 0 Å². The van der Waals surface area contributed by atoms with Gasteiger partial charge in [0.1, 0.15) is 0 Å². The number of halogens is 2. The third-order valence-corrected chi connectivity index (χ3v) is 9.03. The van der Waals surface area contributed by atoms with Crippen LogP contribution >= 0.6 is 31.9 Å². The predicted octanol–water partition coefficient (Wildman–Crippen LogP) is 2.88. The summed E-state index contributed by atoms with van der Waals surface area (Å²) in [5, 5.41) is 0. The summed E-state index contributed by atoms with van der Waals surface area (Å²) in [5.74, 6) is -0.214. The van der Waals surface area contributed by atoms with Crippen LogP contribution < -0.4 is 7.02 Å². The van der Waals surface area contributed by atoms with Gasteiger partial charge in [0.25, 0.3) is 0 Å². The molecule has 19 heavy (non-hydrogen) atoms. The Labute approximate surface area is 136 Å². The van der Waals surface area contributed by atoms with Crippen molar-refractivity contribution in [3.8, 4) is 0 Å². The van der Waals surface area contributed by atoms with Gasteiger partial charge in [0.2, 0.25) is 0 Å². The second-order valence-corrected chi connectivity index (χ2v) is 10.8. The zero-order chi connectivity index (χ0) is 13.8. The number of hydrogen-bond acceptors (Lipinski definition) is 2. The van der Waals surface area contributed by atoms with E-state index in [0.29, 0.717) is 0 Å². The minimum atomic E-state index is -2.44. The molecule has 0 unspecified atom stereocenters. The molecule has 0 spiro atoms. The van der Waals surface area contributed by atoms with Gasteiger partial charge in [-0.2, -0.15) is 0 Å². The fourth-order valence-electron chi connectivity index (χ4n) is 1.54. The van der Waals surface area contributed by atoms with Gasteiger partial charge in [0.05, 0.1) is 0 Å². The zero-order valence-corrected chi connectivity index (χ0v) is 15.9. The Balaban J connectivity index is 2.37. The van der Waals surface area contributed by atoms with Crippen LogP contribution in [-0.4, -0.2) is 26.6 Å². The Bertz CT molecular complexity index is 522. The van der Waals surface area contributed by atoms with E-state index < -0.39 is 20.6 Å². The Hall–Kier alpha value is -0.312. The van der Waals surface area contributed by atoms with E-state index in [0.717, 1.165) is 16.0 Å². The molecule has 0 radical (unpaired) electrons. The van der Waals surface area contributed by atoms with Gasteiger partial charge in [-0.1, -0.05) is 0 Å². The summed E-state index contributed by atoms with van der Waals surface area (Å²) < 4.78 is 9.92. The van der Waals surface area contributed by atoms with Gasteiger partial charge < -0.3 is 0 Å². The molecule has 0 fully saturated rings. The average Bonchev–Trinajstić information content (AvgIpc) is 2.38. The van der Waals surface area contributed by atoms with Crippen LogP contribution in [0, 0.1) is 0 Å². The molecule has 0 saturated carbocycles. The molecule has 0 amide bonds. The molecule has 0 heterocycles. The van der Waals surface area contributed by atoms with Gasteiger partial charge in [-0.3, -0.25) is 0 Å². The van der Waals surface area contributed by atoms with Crippen LogP contribution in [0.5, 0.6) is 0 Å². The molecule has 0 aliphatic rings. The molecule has 2 aromatic carbocycles. The first-order chi connectivity index (χ1) is 9.06. The molecule has 0 N–H and O–H groups in total. The zero-order valence-electron chi connectivity index (χ0n) is 10.1. The minimum absolute atomic E-state index is 0.214. The first-order valence-corrected chi connectivity index (χ1v) is 10.7. The Morgan fingerprint density at radius 3 is 1.58 bits per heavy atom. The van der Waals surface area contributed by atoms with E-state index in [1.807, 2.05) is 48.5 Å². The maximum absolute atomic E-state index is 11.3. The molecule has 2 aromatic rings. The van der Waals surface area contributed by atoms with E-state index in [4.69, 9.17) is 3.02 Å². The molecular weight excluding hydrogens is 482 g/mol.